The fourth-order valence-electron chi connectivity index (χ4n) is 2.65. The highest BCUT2D eigenvalue weighted by atomic mass is 16.5. The molecule has 0 spiro atoms. The smallest absolute Gasteiger partial charge is 0.254 e. The van der Waals surface area contributed by atoms with Gasteiger partial charge in [-0.2, -0.15) is 0 Å². The first-order valence-corrected chi connectivity index (χ1v) is 7.15. The Kier molecular flexibility index (Phi) is 5.00. The van der Waals surface area contributed by atoms with Crippen LogP contribution >= 0.6 is 0 Å². The van der Waals surface area contributed by atoms with Gasteiger partial charge in [-0.3, -0.25) is 4.79 Å². The zero-order valence-electron chi connectivity index (χ0n) is 12.7. The number of hydrogen-bond acceptors (Lipinski definition) is 3. The van der Waals surface area contributed by atoms with Crippen LogP contribution in [0.4, 0.5) is 0 Å². The number of aliphatic hydroxyl groups excluding tert-OH is 1. The highest BCUT2D eigenvalue weighted by Gasteiger charge is 2.26. The molecule has 1 aliphatic heterocycles. The van der Waals surface area contributed by atoms with Gasteiger partial charge in [-0.05, 0) is 44.5 Å². The number of aryl methyl sites for hydroxylation is 1. The van der Waals surface area contributed by atoms with Gasteiger partial charge >= 0.3 is 0 Å². The average molecular weight is 287 g/mol. The molecule has 21 heavy (non-hydrogen) atoms. The van der Waals surface area contributed by atoms with Crippen molar-refractivity contribution >= 4 is 5.91 Å². The molecule has 1 N–H and O–H groups in total. The molecule has 0 aliphatic carbocycles. The summed E-state index contributed by atoms with van der Waals surface area (Å²) in [6.07, 6.45) is 0.104. The summed E-state index contributed by atoms with van der Waals surface area (Å²) in [6, 6.07) is 5.56. The molecule has 1 saturated heterocycles. The lowest BCUT2D eigenvalue weighted by Crippen LogP contribution is -2.48. The fourth-order valence-corrected chi connectivity index (χ4v) is 2.65. The van der Waals surface area contributed by atoms with Crippen molar-refractivity contribution in [2.24, 2.45) is 0 Å². The number of morpholine rings is 1. The summed E-state index contributed by atoms with van der Waals surface area (Å²) >= 11 is 0. The van der Waals surface area contributed by atoms with Gasteiger partial charge in [0.1, 0.15) is 6.61 Å². The predicted octanol–water partition coefficient (Wildman–Crippen LogP) is 1.59. The number of rotatable bonds is 1. The van der Waals surface area contributed by atoms with E-state index in [1.807, 2.05) is 37.8 Å². The molecule has 1 fully saturated rings. The summed E-state index contributed by atoms with van der Waals surface area (Å²) in [5, 5.41) is 8.77. The van der Waals surface area contributed by atoms with Crippen molar-refractivity contribution in [3.05, 3.63) is 34.9 Å². The minimum absolute atomic E-state index is 0.00717. The van der Waals surface area contributed by atoms with E-state index in [4.69, 9.17) is 9.84 Å². The maximum absolute atomic E-state index is 12.6. The van der Waals surface area contributed by atoms with Gasteiger partial charge < -0.3 is 14.7 Å². The monoisotopic (exact) mass is 287 g/mol. The van der Waals surface area contributed by atoms with Crippen LogP contribution in [0.3, 0.4) is 0 Å². The molecule has 1 aromatic rings. The quantitative estimate of drug-likeness (QED) is 0.798. The van der Waals surface area contributed by atoms with Gasteiger partial charge in [-0.15, -0.1) is 0 Å². The van der Waals surface area contributed by atoms with Crippen molar-refractivity contribution in [2.45, 2.75) is 33.0 Å². The van der Waals surface area contributed by atoms with E-state index in [1.165, 1.54) is 0 Å². The largest absolute Gasteiger partial charge is 0.384 e. The van der Waals surface area contributed by atoms with Gasteiger partial charge in [0, 0.05) is 24.2 Å². The number of ether oxygens (including phenoxy) is 1. The third-order valence-corrected chi connectivity index (χ3v) is 3.34. The van der Waals surface area contributed by atoms with Crippen molar-refractivity contribution in [2.75, 3.05) is 19.7 Å². The summed E-state index contributed by atoms with van der Waals surface area (Å²) < 4.78 is 5.66. The van der Waals surface area contributed by atoms with Gasteiger partial charge in [0.25, 0.3) is 5.91 Å². The predicted molar refractivity (Wildman–Crippen MR) is 81.1 cm³/mol. The lowest BCUT2D eigenvalue weighted by Gasteiger charge is -2.35. The molecule has 1 heterocycles. The summed E-state index contributed by atoms with van der Waals surface area (Å²) in [5.74, 6) is 5.47. The Balaban J connectivity index is 2.24. The van der Waals surface area contributed by atoms with E-state index in [1.54, 1.807) is 6.07 Å². The van der Waals surface area contributed by atoms with Gasteiger partial charge in [0.05, 0.1) is 12.2 Å². The van der Waals surface area contributed by atoms with Gasteiger partial charge in [0.15, 0.2) is 0 Å². The Bertz CT molecular complexity index is 575. The maximum Gasteiger partial charge on any atom is 0.254 e. The first kappa shape index (κ1) is 15.6. The van der Waals surface area contributed by atoms with Gasteiger partial charge in [-0.1, -0.05) is 11.8 Å². The highest BCUT2D eigenvalue weighted by molar-refractivity contribution is 5.95. The van der Waals surface area contributed by atoms with Crippen molar-refractivity contribution in [1.82, 2.24) is 4.90 Å². The zero-order chi connectivity index (χ0) is 15.4. The fraction of sp³-hybridized carbons (Fsp3) is 0.471. The normalized spacial score (nSPS) is 21.6. The second-order valence-electron chi connectivity index (χ2n) is 5.52. The van der Waals surface area contributed by atoms with Crippen LogP contribution in [0.15, 0.2) is 18.2 Å². The molecular weight excluding hydrogens is 266 g/mol. The molecule has 1 aliphatic rings. The molecule has 0 aromatic heterocycles. The van der Waals surface area contributed by atoms with E-state index < -0.39 is 0 Å². The molecule has 0 saturated carbocycles. The minimum Gasteiger partial charge on any atom is -0.384 e. The second kappa shape index (κ2) is 6.75. The molecule has 1 amide bonds. The average Bonchev–Trinajstić information content (AvgIpc) is 2.42. The number of amides is 1. The lowest BCUT2D eigenvalue weighted by molar-refractivity contribution is -0.0586. The van der Waals surface area contributed by atoms with Crippen LogP contribution in [-0.2, 0) is 4.74 Å². The third kappa shape index (κ3) is 4.07. The van der Waals surface area contributed by atoms with Gasteiger partial charge in [-0.25, -0.2) is 0 Å². The number of hydrogen-bond donors (Lipinski definition) is 1. The standard InChI is InChI=1S/C17H21NO3/c1-12-7-15(5-4-6-19)9-16(8-12)17(20)18-10-13(2)21-14(3)11-18/h7-9,13-14,19H,6,10-11H2,1-3H3. The van der Waals surface area contributed by atoms with Gasteiger partial charge in [0.2, 0.25) is 0 Å². The molecule has 0 bridgehead atoms. The number of carbonyl (C=O) groups excluding carboxylic acids is 1. The Morgan fingerprint density at radius 2 is 2.00 bits per heavy atom. The first-order chi connectivity index (χ1) is 9.99. The molecule has 4 heteroatoms. The number of aliphatic hydroxyl groups is 1. The molecule has 2 rings (SSSR count). The topological polar surface area (TPSA) is 49.8 Å². The van der Waals surface area contributed by atoms with E-state index in [0.717, 1.165) is 11.1 Å². The maximum atomic E-state index is 12.6. The van der Waals surface area contributed by atoms with Crippen molar-refractivity contribution in [3.8, 4) is 11.8 Å². The molecule has 0 radical (unpaired) electrons. The van der Waals surface area contributed by atoms with Crippen molar-refractivity contribution < 1.29 is 14.6 Å². The van der Waals surface area contributed by atoms with Crippen LogP contribution < -0.4 is 0 Å². The summed E-state index contributed by atoms with van der Waals surface area (Å²) in [7, 11) is 0. The molecule has 2 atom stereocenters. The molecular formula is C17H21NO3. The Morgan fingerprint density at radius 1 is 1.33 bits per heavy atom. The number of carbonyl (C=O) groups is 1. The molecule has 1 aromatic carbocycles. The molecule has 2 unspecified atom stereocenters. The summed E-state index contributed by atoms with van der Waals surface area (Å²) in [5.41, 5.74) is 2.37. The van der Waals surface area contributed by atoms with E-state index >= 15 is 0 Å². The van der Waals surface area contributed by atoms with E-state index in [9.17, 15) is 4.79 Å². The second-order valence-corrected chi connectivity index (χ2v) is 5.52. The molecule has 4 nitrogen and oxygen atoms in total. The highest BCUT2D eigenvalue weighted by Crippen LogP contribution is 2.16. The first-order valence-electron chi connectivity index (χ1n) is 7.15. The van der Waals surface area contributed by atoms with Crippen LogP contribution in [0.5, 0.6) is 0 Å². The molecule has 112 valence electrons. The van der Waals surface area contributed by atoms with Crippen LogP contribution in [-0.4, -0.2) is 47.8 Å². The van der Waals surface area contributed by atoms with E-state index in [2.05, 4.69) is 11.8 Å². The van der Waals surface area contributed by atoms with Crippen LogP contribution in [0.1, 0.15) is 35.3 Å². The summed E-state index contributed by atoms with van der Waals surface area (Å²) in [6.45, 7) is 6.92. The SMILES string of the molecule is Cc1cc(C#CCO)cc(C(=O)N2CC(C)OC(C)C2)c1. The Labute approximate surface area is 125 Å². The minimum atomic E-state index is -0.185. The van der Waals surface area contributed by atoms with Crippen LogP contribution in [0.2, 0.25) is 0 Å². The van der Waals surface area contributed by atoms with Crippen LogP contribution in [0.25, 0.3) is 0 Å². The van der Waals surface area contributed by atoms with E-state index in [-0.39, 0.29) is 24.7 Å². The Hall–Kier alpha value is -1.83. The number of benzene rings is 1. The number of nitrogens with zero attached hydrogens (tertiary/aromatic N) is 1. The summed E-state index contributed by atoms with van der Waals surface area (Å²) in [4.78, 5) is 14.5. The van der Waals surface area contributed by atoms with Crippen molar-refractivity contribution in [1.29, 1.82) is 0 Å². The van der Waals surface area contributed by atoms with Crippen molar-refractivity contribution in [3.63, 3.8) is 0 Å². The lowest BCUT2D eigenvalue weighted by atomic mass is 10.0. The van der Waals surface area contributed by atoms with Crippen LogP contribution in [0, 0.1) is 18.8 Å². The third-order valence-electron chi connectivity index (χ3n) is 3.34. The zero-order valence-corrected chi connectivity index (χ0v) is 12.7. The Morgan fingerprint density at radius 3 is 2.62 bits per heavy atom. The van der Waals surface area contributed by atoms with E-state index in [0.29, 0.717) is 18.7 Å².